The van der Waals surface area contributed by atoms with Gasteiger partial charge in [0.15, 0.2) is 0 Å². The number of hydrogen-bond donors (Lipinski definition) is 1. The van der Waals surface area contributed by atoms with E-state index in [9.17, 15) is 14.3 Å². The van der Waals surface area contributed by atoms with Crippen LogP contribution in [0.3, 0.4) is 0 Å². The Kier molecular flexibility index (Phi) is 4.14. The Bertz CT molecular complexity index is 495. The number of carbonyl (C=O) groups excluding carboxylic acids is 1. The van der Waals surface area contributed by atoms with Crippen LogP contribution < -0.4 is 0 Å². The molecule has 4 heteroatoms. The molecule has 2 rings (SSSR count). The number of aliphatic hydroxyl groups is 1. The number of hydrogen-bond acceptors (Lipinski definition) is 2. The van der Waals surface area contributed by atoms with Crippen molar-refractivity contribution in [1.82, 2.24) is 4.90 Å². The van der Waals surface area contributed by atoms with E-state index in [2.05, 4.69) is 0 Å². The summed E-state index contributed by atoms with van der Waals surface area (Å²) < 4.78 is 13.7. The summed E-state index contributed by atoms with van der Waals surface area (Å²) in [4.78, 5) is 14.1. The molecule has 0 aromatic heterocycles. The fourth-order valence-corrected chi connectivity index (χ4v) is 2.63. The third kappa shape index (κ3) is 3.37. The van der Waals surface area contributed by atoms with Gasteiger partial charge in [0.05, 0.1) is 5.60 Å². The number of likely N-dealkylation sites (N-methyl/N-ethyl adjacent to an activating group) is 1. The first-order chi connectivity index (χ1) is 9.33. The van der Waals surface area contributed by atoms with Crippen LogP contribution in [-0.2, 0) is 4.79 Å². The monoisotopic (exact) mass is 279 g/mol. The van der Waals surface area contributed by atoms with Gasteiger partial charge < -0.3 is 10.0 Å². The lowest BCUT2D eigenvalue weighted by atomic mass is 10.1. The van der Waals surface area contributed by atoms with Gasteiger partial charge in [0.1, 0.15) is 5.82 Å². The second-order valence-corrected chi connectivity index (χ2v) is 6.14. The normalized spacial score (nSPS) is 21.6. The topological polar surface area (TPSA) is 40.5 Å². The first-order valence-electron chi connectivity index (χ1n) is 7.09. The van der Waals surface area contributed by atoms with E-state index in [0.29, 0.717) is 25.1 Å². The number of benzene rings is 1. The van der Waals surface area contributed by atoms with E-state index in [1.165, 1.54) is 6.07 Å². The van der Waals surface area contributed by atoms with Crippen LogP contribution in [0.5, 0.6) is 0 Å². The smallest absolute Gasteiger partial charge is 0.226 e. The predicted molar refractivity (Wildman–Crippen MR) is 75.8 cm³/mol. The average Bonchev–Trinajstić information content (AvgIpc) is 3.14. The van der Waals surface area contributed by atoms with Gasteiger partial charge in [-0.25, -0.2) is 4.39 Å². The Morgan fingerprint density at radius 1 is 1.45 bits per heavy atom. The highest BCUT2D eigenvalue weighted by Crippen LogP contribution is 2.49. The quantitative estimate of drug-likeness (QED) is 0.900. The molecule has 0 saturated heterocycles. The van der Waals surface area contributed by atoms with Crippen molar-refractivity contribution in [3.63, 3.8) is 0 Å². The molecule has 1 saturated carbocycles. The van der Waals surface area contributed by atoms with Gasteiger partial charge in [-0.3, -0.25) is 4.79 Å². The van der Waals surface area contributed by atoms with Crippen molar-refractivity contribution in [3.05, 3.63) is 35.6 Å². The molecule has 1 fully saturated rings. The maximum atomic E-state index is 13.7. The zero-order valence-corrected chi connectivity index (χ0v) is 12.3. The highest BCUT2D eigenvalue weighted by molar-refractivity contribution is 5.83. The Balaban J connectivity index is 2.04. The van der Waals surface area contributed by atoms with E-state index in [1.54, 1.807) is 36.9 Å². The molecule has 1 aromatic carbocycles. The molecule has 0 radical (unpaired) electrons. The van der Waals surface area contributed by atoms with Crippen LogP contribution in [0.2, 0.25) is 0 Å². The van der Waals surface area contributed by atoms with Crippen molar-refractivity contribution in [1.29, 1.82) is 0 Å². The van der Waals surface area contributed by atoms with Crippen LogP contribution >= 0.6 is 0 Å². The van der Waals surface area contributed by atoms with Crippen LogP contribution in [0.4, 0.5) is 4.39 Å². The molecule has 1 aliphatic carbocycles. The van der Waals surface area contributed by atoms with Gasteiger partial charge in [0.2, 0.25) is 5.91 Å². The molecule has 1 amide bonds. The van der Waals surface area contributed by atoms with E-state index in [4.69, 9.17) is 0 Å². The van der Waals surface area contributed by atoms with Crippen molar-refractivity contribution in [2.75, 3.05) is 13.1 Å². The minimum atomic E-state index is -0.909. The van der Waals surface area contributed by atoms with Crippen LogP contribution in [0.25, 0.3) is 0 Å². The Morgan fingerprint density at radius 3 is 2.65 bits per heavy atom. The van der Waals surface area contributed by atoms with Gasteiger partial charge in [-0.1, -0.05) is 18.2 Å². The molecule has 2 unspecified atom stereocenters. The minimum absolute atomic E-state index is 0.0143. The van der Waals surface area contributed by atoms with Gasteiger partial charge in [0, 0.05) is 19.0 Å². The predicted octanol–water partition coefficient (Wildman–Crippen LogP) is 2.55. The zero-order chi connectivity index (χ0) is 14.9. The molecule has 110 valence electrons. The van der Waals surface area contributed by atoms with E-state index >= 15 is 0 Å². The van der Waals surface area contributed by atoms with E-state index in [-0.39, 0.29) is 23.6 Å². The summed E-state index contributed by atoms with van der Waals surface area (Å²) >= 11 is 0. The summed E-state index contributed by atoms with van der Waals surface area (Å²) in [5.74, 6) is -0.380. The fraction of sp³-hybridized carbons (Fsp3) is 0.562. The van der Waals surface area contributed by atoms with Gasteiger partial charge in [-0.2, -0.15) is 0 Å². The molecule has 0 aliphatic heterocycles. The molecular weight excluding hydrogens is 257 g/mol. The maximum Gasteiger partial charge on any atom is 0.226 e. The summed E-state index contributed by atoms with van der Waals surface area (Å²) in [5, 5.41) is 9.84. The number of nitrogens with zero attached hydrogens (tertiary/aromatic N) is 1. The van der Waals surface area contributed by atoms with Crippen molar-refractivity contribution in [2.45, 2.75) is 38.7 Å². The molecule has 1 aliphatic rings. The molecule has 3 nitrogen and oxygen atoms in total. The van der Waals surface area contributed by atoms with Crippen LogP contribution in [0.15, 0.2) is 24.3 Å². The van der Waals surface area contributed by atoms with Gasteiger partial charge in [-0.15, -0.1) is 0 Å². The van der Waals surface area contributed by atoms with E-state index < -0.39 is 5.60 Å². The third-order valence-electron chi connectivity index (χ3n) is 3.68. The van der Waals surface area contributed by atoms with E-state index in [1.807, 2.05) is 6.92 Å². The standard InChI is InChI=1S/C16H22FNO2/c1-4-18(10-16(2,3)20)15(19)13-9-12(13)11-7-5-6-8-14(11)17/h5-8,12-13,20H,4,9-10H2,1-3H3. The molecule has 0 heterocycles. The van der Waals surface area contributed by atoms with Crippen molar-refractivity contribution >= 4 is 5.91 Å². The van der Waals surface area contributed by atoms with Crippen LogP contribution in [-0.4, -0.2) is 34.6 Å². The minimum Gasteiger partial charge on any atom is -0.389 e. The largest absolute Gasteiger partial charge is 0.389 e. The van der Waals surface area contributed by atoms with Crippen molar-refractivity contribution in [2.24, 2.45) is 5.92 Å². The molecule has 0 spiro atoms. The molecule has 1 aromatic rings. The Labute approximate surface area is 119 Å². The SMILES string of the molecule is CCN(CC(C)(C)O)C(=O)C1CC1c1ccccc1F. The van der Waals surface area contributed by atoms with Crippen molar-refractivity contribution < 1.29 is 14.3 Å². The van der Waals surface area contributed by atoms with Gasteiger partial charge in [0.25, 0.3) is 0 Å². The highest BCUT2D eigenvalue weighted by Gasteiger charge is 2.47. The first-order valence-corrected chi connectivity index (χ1v) is 7.09. The third-order valence-corrected chi connectivity index (χ3v) is 3.68. The van der Waals surface area contributed by atoms with Crippen LogP contribution in [0, 0.1) is 11.7 Å². The number of amides is 1. The summed E-state index contributed by atoms with van der Waals surface area (Å²) in [5.41, 5.74) is -0.279. The summed E-state index contributed by atoms with van der Waals surface area (Å²) in [7, 11) is 0. The maximum absolute atomic E-state index is 13.7. The Morgan fingerprint density at radius 2 is 2.10 bits per heavy atom. The summed E-state index contributed by atoms with van der Waals surface area (Å²) in [6.45, 7) is 6.13. The number of halogens is 1. The second kappa shape index (κ2) is 5.52. The molecule has 2 atom stereocenters. The lowest BCUT2D eigenvalue weighted by Gasteiger charge is -2.28. The van der Waals surface area contributed by atoms with Crippen LogP contribution in [0.1, 0.15) is 38.7 Å². The number of carbonyl (C=O) groups is 1. The highest BCUT2D eigenvalue weighted by atomic mass is 19.1. The second-order valence-electron chi connectivity index (χ2n) is 6.14. The summed E-state index contributed by atoms with van der Waals surface area (Å²) in [6, 6.07) is 6.64. The Hall–Kier alpha value is -1.42. The van der Waals surface area contributed by atoms with Crippen molar-refractivity contribution in [3.8, 4) is 0 Å². The number of rotatable bonds is 5. The summed E-state index contributed by atoms with van der Waals surface area (Å²) in [6.07, 6.45) is 0.697. The first kappa shape index (κ1) is 15.0. The molecular formula is C16H22FNO2. The molecule has 20 heavy (non-hydrogen) atoms. The zero-order valence-electron chi connectivity index (χ0n) is 12.3. The average molecular weight is 279 g/mol. The fourth-order valence-electron chi connectivity index (χ4n) is 2.63. The van der Waals surface area contributed by atoms with Gasteiger partial charge in [-0.05, 0) is 44.7 Å². The lowest BCUT2D eigenvalue weighted by molar-refractivity contribution is -0.135. The van der Waals surface area contributed by atoms with Gasteiger partial charge >= 0.3 is 0 Å². The molecule has 1 N–H and O–H groups in total. The van der Waals surface area contributed by atoms with E-state index in [0.717, 1.165) is 0 Å². The molecule has 0 bridgehead atoms. The lowest BCUT2D eigenvalue weighted by Crippen LogP contribution is -2.42.